The van der Waals surface area contributed by atoms with E-state index in [1.807, 2.05) is 55.6 Å². The molecule has 4 aromatic rings. The van der Waals surface area contributed by atoms with E-state index in [1.54, 1.807) is 30.2 Å². The highest BCUT2D eigenvalue weighted by atomic mass is 32.2. The van der Waals surface area contributed by atoms with Crippen LogP contribution in [0.4, 0.5) is 5.69 Å². The maximum Gasteiger partial charge on any atom is 0.248 e. The van der Waals surface area contributed by atoms with E-state index in [-0.39, 0.29) is 30.9 Å². The summed E-state index contributed by atoms with van der Waals surface area (Å²) in [6.45, 7) is 0.384. The highest BCUT2D eigenvalue weighted by Crippen LogP contribution is 2.45. The molecule has 0 radical (unpaired) electrons. The zero-order valence-corrected chi connectivity index (χ0v) is 21.2. The van der Waals surface area contributed by atoms with Crippen LogP contribution < -0.4 is 24.4 Å². The number of aryl methyl sites for hydroxylation is 1. The molecule has 3 heterocycles. The number of hydrogen-bond donors (Lipinski definition) is 1. The van der Waals surface area contributed by atoms with Gasteiger partial charge in [0.05, 0.1) is 17.9 Å². The molecule has 188 valence electrons. The summed E-state index contributed by atoms with van der Waals surface area (Å²) in [6, 6.07) is 20.0. The predicted molar refractivity (Wildman–Crippen MR) is 141 cm³/mol. The first-order valence-corrected chi connectivity index (χ1v) is 12.9. The standard InChI is InChI=1S/C28H25N3O5S/c1-30-20-9-5-4-8-19(20)25-26(27(33)29-14-17-7-3-6-10-21(17)34-2)31(24(32)15-37-28(25)30)18-11-12-22-23(13-18)36-16-35-22/h3-13,26H,14-16H2,1-2H3,(H,29,33)/t26-/m0/s1. The third-order valence-electron chi connectivity index (χ3n) is 6.75. The fourth-order valence-corrected chi connectivity index (χ4v) is 6.08. The second kappa shape index (κ2) is 9.40. The van der Waals surface area contributed by atoms with Gasteiger partial charge in [-0.15, -0.1) is 0 Å². The van der Waals surface area contributed by atoms with E-state index in [9.17, 15) is 9.59 Å². The van der Waals surface area contributed by atoms with Crippen molar-refractivity contribution >= 4 is 40.2 Å². The number of carbonyl (C=O) groups excluding carboxylic acids is 2. The van der Waals surface area contributed by atoms with Crippen LogP contribution in [0.2, 0.25) is 0 Å². The molecule has 6 rings (SSSR count). The Hall–Kier alpha value is -4.11. The molecule has 0 aliphatic carbocycles. The number of ether oxygens (including phenoxy) is 3. The number of amides is 2. The Morgan fingerprint density at radius 3 is 2.73 bits per heavy atom. The largest absolute Gasteiger partial charge is 0.496 e. The van der Waals surface area contributed by atoms with Crippen molar-refractivity contribution in [3.63, 3.8) is 0 Å². The number of para-hydroxylation sites is 2. The molecular weight excluding hydrogens is 490 g/mol. The van der Waals surface area contributed by atoms with Crippen molar-refractivity contribution in [2.75, 3.05) is 24.6 Å². The normalized spacial score (nSPS) is 16.4. The lowest BCUT2D eigenvalue weighted by molar-refractivity contribution is -0.125. The third-order valence-corrected chi connectivity index (χ3v) is 7.91. The van der Waals surface area contributed by atoms with Gasteiger partial charge in [0, 0.05) is 47.4 Å². The van der Waals surface area contributed by atoms with Crippen LogP contribution in [0, 0.1) is 0 Å². The van der Waals surface area contributed by atoms with Gasteiger partial charge < -0.3 is 24.1 Å². The molecule has 1 N–H and O–H groups in total. The minimum absolute atomic E-state index is 0.124. The van der Waals surface area contributed by atoms with Gasteiger partial charge in [-0.25, -0.2) is 0 Å². The number of anilines is 1. The first-order valence-electron chi connectivity index (χ1n) is 11.9. The average Bonchev–Trinajstić information content (AvgIpc) is 3.46. The molecular formula is C28H25N3O5S. The lowest BCUT2D eigenvalue weighted by Crippen LogP contribution is -2.43. The van der Waals surface area contributed by atoms with Crippen molar-refractivity contribution in [3.05, 3.63) is 77.9 Å². The Balaban J connectivity index is 1.48. The van der Waals surface area contributed by atoms with Crippen molar-refractivity contribution in [3.8, 4) is 17.2 Å². The summed E-state index contributed by atoms with van der Waals surface area (Å²) in [4.78, 5) is 29.3. The number of nitrogens with zero attached hydrogens (tertiary/aromatic N) is 2. The van der Waals surface area contributed by atoms with Crippen LogP contribution in [0.5, 0.6) is 17.2 Å². The van der Waals surface area contributed by atoms with Gasteiger partial charge in [0.25, 0.3) is 0 Å². The minimum Gasteiger partial charge on any atom is -0.496 e. The van der Waals surface area contributed by atoms with E-state index < -0.39 is 6.04 Å². The van der Waals surface area contributed by atoms with E-state index in [1.165, 1.54) is 11.8 Å². The van der Waals surface area contributed by atoms with Crippen LogP contribution in [0.1, 0.15) is 17.2 Å². The Labute approximate surface area is 218 Å². The number of hydrogen-bond acceptors (Lipinski definition) is 6. The molecule has 3 aromatic carbocycles. The van der Waals surface area contributed by atoms with Crippen molar-refractivity contribution in [1.82, 2.24) is 9.88 Å². The molecule has 2 amide bonds. The number of aromatic nitrogens is 1. The highest BCUT2D eigenvalue weighted by molar-refractivity contribution is 8.00. The second-order valence-electron chi connectivity index (χ2n) is 8.82. The fraction of sp³-hybridized carbons (Fsp3) is 0.214. The quantitative estimate of drug-likeness (QED) is 0.424. The molecule has 1 atom stereocenters. The monoisotopic (exact) mass is 515 g/mol. The predicted octanol–water partition coefficient (Wildman–Crippen LogP) is 4.41. The summed E-state index contributed by atoms with van der Waals surface area (Å²) in [5.74, 6) is 1.60. The molecule has 2 aliphatic rings. The summed E-state index contributed by atoms with van der Waals surface area (Å²) in [5.41, 5.74) is 3.24. The molecule has 2 aliphatic heterocycles. The number of rotatable bonds is 5. The Bertz CT molecular complexity index is 1530. The van der Waals surface area contributed by atoms with Gasteiger partial charge in [0.2, 0.25) is 18.6 Å². The van der Waals surface area contributed by atoms with Crippen LogP contribution in [-0.4, -0.2) is 36.0 Å². The smallest absolute Gasteiger partial charge is 0.248 e. The van der Waals surface area contributed by atoms with Gasteiger partial charge in [-0.05, 0) is 24.3 Å². The highest BCUT2D eigenvalue weighted by Gasteiger charge is 2.40. The number of methoxy groups -OCH3 is 1. The molecule has 0 fully saturated rings. The molecule has 8 nitrogen and oxygen atoms in total. The fourth-order valence-electron chi connectivity index (χ4n) is 5.02. The topological polar surface area (TPSA) is 82.0 Å². The van der Waals surface area contributed by atoms with Crippen molar-refractivity contribution < 1.29 is 23.8 Å². The van der Waals surface area contributed by atoms with Gasteiger partial charge >= 0.3 is 0 Å². The van der Waals surface area contributed by atoms with E-state index in [4.69, 9.17) is 14.2 Å². The lowest BCUT2D eigenvalue weighted by Gasteiger charge is -2.30. The van der Waals surface area contributed by atoms with Crippen LogP contribution in [0.15, 0.2) is 71.8 Å². The van der Waals surface area contributed by atoms with Crippen molar-refractivity contribution in [2.45, 2.75) is 17.6 Å². The summed E-state index contributed by atoms with van der Waals surface area (Å²) >= 11 is 1.45. The average molecular weight is 516 g/mol. The van der Waals surface area contributed by atoms with E-state index in [0.717, 1.165) is 27.1 Å². The number of benzene rings is 3. The molecule has 0 saturated carbocycles. The second-order valence-corrected chi connectivity index (χ2v) is 9.78. The third kappa shape index (κ3) is 3.95. The molecule has 9 heteroatoms. The molecule has 0 saturated heterocycles. The van der Waals surface area contributed by atoms with Gasteiger partial charge in [0.1, 0.15) is 11.8 Å². The van der Waals surface area contributed by atoms with Crippen LogP contribution in [0.25, 0.3) is 10.9 Å². The molecule has 0 unspecified atom stereocenters. The van der Waals surface area contributed by atoms with Crippen LogP contribution in [0.3, 0.4) is 0 Å². The molecule has 0 bridgehead atoms. The zero-order chi connectivity index (χ0) is 25.5. The van der Waals surface area contributed by atoms with Crippen molar-refractivity contribution in [1.29, 1.82) is 0 Å². The maximum absolute atomic E-state index is 14.1. The minimum atomic E-state index is -0.890. The number of carbonyl (C=O) groups is 2. The molecule has 1 aromatic heterocycles. The van der Waals surface area contributed by atoms with Crippen LogP contribution >= 0.6 is 11.8 Å². The van der Waals surface area contributed by atoms with Gasteiger partial charge in [-0.1, -0.05) is 48.2 Å². The molecule has 37 heavy (non-hydrogen) atoms. The summed E-state index contributed by atoms with van der Waals surface area (Å²) in [5, 5.41) is 4.91. The number of fused-ring (bicyclic) bond motifs is 4. The Kier molecular flexibility index (Phi) is 5.92. The number of thioether (sulfide) groups is 1. The van der Waals surface area contributed by atoms with Crippen molar-refractivity contribution in [2.24, 2.45) is 7.05 Å². The summed E-state index contributed by atoms with van der Waals surface area (Å²) in [6.07, 6.45) is 0. The Morgan fingerprint density at radius 1 is 1.08 bits per heavy atom. The first-order chi connectivity index (χ1) is 18.1. The number of nitrogens with one attached hydrogen (secondary N) is 1. The maximum atomic E-state index is 14.1. The summed E-state index contributed by atoms with van der Waals surface area (Å²) < 4.78 is 18.6. The lowest BCUT2D eigenvalue weighted by atomic mass is 10.0. The van der Waals surface area contributed by atoms with Gasteiger partial charge in [-0.2, -0.15) is 0 Å². The van der Waals surface area contributed by atoms with Gasteiger partial charge in [0.15, 0.2) is 11.5 Å². The first kappa shape index (κ1) is 23.3. The van der Waals surface area contributed by atoms with Gasteiger partial charge in [-0.3, -0.25) is 14.5 Å². The van der Waals surface area contributed by atoms with E-state index in [2.05, 4.69) is 9.88 Å². The molecule has 0 spiro atoms. The SMILES string of the molecule is COc1ccccc1CNC(=O)[C@@H]1c2c(n(C)c3ccccc23)SCC(=O)N1c1ccc2c(c1)OCO2. The van der Waals surface area contributed by atoms with Crippen LogP contribution in [-0.2, 0) is 23.2 Å². The zero-order valence-electron chi connectivity index (χ0n) is 20.4. The van der Waals surface area contributed by atoms with E-state index in [0.29, 0.717) is 22.9 Å². The van der Waals surface area contributed by atoms with E-state index >= 15 is 0 Å². The Morgan fingerprint density at radius 2 is 1.86 bits per heavy atom. The summed E-state index contributed by atoms with van der Waals surface area (Å²) in [7, 11) is 3.57.